The minimum atomic E-state index is -1.04. The fourth-order valence-electron chi connectivity index (χ4n) is 2.21. The van der Waals surface area contributed by atoms with Crippen LogP contribution in [0.1, 0.15) is 11.1 Å². The number of aliphatic imine (C=N–C) groups is 1. The van der Waals surface area contributed by atoms with Crippen molar-refractivity contribution in [1.82, 2.24) is 5.32 Å². The van der Waals surface area contributed by atoms with Crippen LogP contribution in [-0.4, -0.2) is 28.8 Å². The summed E-state index contributed by atoms with van der Waals surface area (Å²) in [6, 6.07) is 12.2. The fraction of sp³-hybridized carbons (Fsp3) is 0.105. The van der Waals surface area contributed by atoms with E-state index in [1.807, 2.05) is 19.1 Å². The Morgan fingerprint density at radius 3 is 2.70 bits per heavy atom. The number of benzene rings is 2. The zero-order valence-corrected chi connectivity index (χ0v) is 15.8. The normalized spacial score (nSPS) is 16.6. The summed E-state index contributed by atoms with van der Waals surface area (Å²) < 4.78 is 5.08. The van der Waals surface area contributed by atoms with E-state index in [1.165, 1.54) is 11.8 Å². The lowest BCUT2D eigenvalue weighted by atomic mass is 10.2. The third-order valence-corrected chi connectivity index (χ3v) is 4.89. The van der Waals surface area contributed by atoms with Crippen LogP contribution in [0.25, 0.3) is 6.08 Å². The summed E-state index contributed by atoms with van der Waals surface area (Å²) in [5.74, 6) is -0.827. The van der Waals surface area contributed by atoms with Gasteiger partial charge in [-0.2, -0.15) is 0 Å². The smallest absolute Gasteiger partial charge is 0.341 e. The maximum absolute atomic E-state index is 12.1. The molecule has 1 amide bonds. The lowest BCUT2D eigenvalue weighted by Crippen LogP contribution is -2.19. The molecule has 6 nitrogen and oxygen atoms in total. The van der Waals surface area contributed by atoms with Gasteiger partial charge in [0.15, 0.2) is 11.8 Å². The minimum absolute atomic E-state index is 0.233. The highest BCUT2D eigenvalue weighted by Gasteiger charge is 2.23. The number of nitrogens with one attached hydrogen (secondary N) is 1. The molecule has 138 valence electrons. The number of aliphatic carboxylic acids is 1. The Hall–Kier alpha value is -2.77. The highest BCUT2D eigenvalue weighted by atomic mass is 35.5. The van der Waals surface area contributed by atoms with Gasteiger partial charge in [-0.05, 0) is 60.2 Å². The number of halogens is 1. The molecule has 0 radical (unpaired) electrons. The molecule has 0 spiro atoms. The minimum Gasteiger partial charge on any atom is -0.482 e. The van der Waals surface area contributed by atoms with Gasteiger partial charge in [-0.15, -0.1) is 0 Å². The number of hydrogen-bond donors (Lipinski definition) is 2. The van der Waals surface area contributed by atoms with Gasteiger partial charge in [-0.1, -0.05) is 29.8 Å². The van der Waals surface area contributed by atoms with Crippen molar-refractivity contribution in [3.63, 3.8) is 0 Å². The largest absolute Gasteiger partial charge is 0.482 e. The molecular weight excluding hydrogens is 388 g/mol. The first-order valence-electron chi connectivity index (χ1n) is 7.91. The Bertz CT molecular complexity index is 955. The summed E-state index contributed by atoms with van der Waals surface area (Å²) in [7, 11) is 0. The Labute approximate surface area is 164 Å². The molecular formula is C19H15ClN2O4S. The summed E-state index contributed by atoms with van der Waals surface area (Å²) in [4.78, 5) is 27.6. The summed E-state index contributed by atoms with van der Waals surface area (Å²) in [6.07, 6.45) is 1.73. The van der Waals surface area contributed by atoms with Crippen LogP contribution in [0.2, 0.25) is 5.02 Å². The molecule has 0 saturated carbocycles. The van der Waals surface area contributed by atoms with E-state index in [2.05, 4.69) is 10.3 Å². The van der Waals surface area contributed by atoms with Gasteiger partial charge in [0, 0.05) is 5.02 Å². The van der Waals surface area contributed by atoms with E-state index in [4.69, 9.17) is 21.4 Å². The first kappa shape index (κ1) is 19.0. The number of amides is 1. The van der Waals surface area contributed by atoms with Crippen molar-refractivity contribution in [3.8, 4) is 5.75 Å². The van der Waals surface area contributed by atoms with Crippen molar-refractivity contribution in [2.75, 3.05) is 6.61 Å². The number of amidine groups is 1. The molecule has 8 heteroatoms. The van der Waals surface area contributed by atoms with Gasteiger partial charge in [0.25, 0.3) is 5.91 Å². The predicted octanol–water partition coefficient (Wildman–Crippen LogP) is 4.00. The van der Waals surface area contributed by atoms with Crippen LogP contribution in [-0.2, 0) is 9.59 Å². The van der Waals surface area contributed by atoms with E-state index >= 15 is 0 Å². The molecule has 1 fully saturated rings. The number of aryl methyl sites for hydroxylation is 1. The van der Waals surface area contributed by atoms with Crippen molar-refractivity contribution in [2.24, 2.45) is 4.99 Å². The zero-order chi connectivity index (χ0) is 19.4. The van der Waals surface area contributed by atoms with Gasteiger partial charge < -0.3 is 15.2 Å². The van der Waals surface area contributed by atoms with Crippen LogP contribution in [0.5, 0.6) is 5.75 Å². The lowest BCUT2D eigenvalue weighted by molar-refractivity contribution is -0.139. The van der Waals surface area contributed by atoms with Crippen LogP contribution in [0.15, 0.2) is 52.4 Å². The van der Waals surface area contributed by atoms with E-state index in [-0.39, 0.29) is 5.91 Å². The molecule has 2 aromatic carbocycles. The molecule has 0 aromatic heterocycles. The monoisotopic (exact) mass is 402 g/mol. The highest BCUT2D eigenvalue weighted by molar-refractivity contribution is 8.18. The van der Waals surface area contributed by atoms with Gasteiger partial charge in [0.05, 0.1) is 10.6 Å². The topological polar surface area (TPSA) is 88.0 Å². The number of thioether (sulfide) groups is 1. The molecule has 0 bridgehead atoms. The summed E-state index contributed by atoms with van der Waals surface area (Å²) in [5, 5.41) is 12.4. The second-order valence-corrected chi connectivity index (χ2v) is 7.10. The Balaban J connectivity index is 1.72. The number of ether oxygens (including phenoxy) is 1. The Morgan fingerprint density at radius 1 is 1.30 bits per heavy atom. The number of carboxylic acids is 1. The van der Waals surface area contributed by atoms with Crippen LogP contribution < -0.4 is 10.1 Å². The molecule has 1 saturated heterocycles. The number of rotatable bonds is 5. The molecule has 1 heterocycles. The zero-order valence-electron chi connectivity index (χ0n) is 14.2. The molecule has 2 N–H and O–H groups in total. The Morgan fingerprint density at radius 2 is 2.04 bits per heavy atom. The summed E-state index contributed by atoms with van der Waals surface area (Å²) in [5.41, 5.74) is 2.41. The van der Waals surface area contributed by atoms with E-state index in [0.29, 0.717) is 26.5 Å². The van der Waals surface area contributed by atoms with E-state index in [1.54, 1.807) is 36.4 Å². The fourth-order valence-corrected chi connectivity index (χ4v) is 3.22. The first-order valence-corrected chi connectivity index (χ1v) is 9.10. The van der Waals surface area contributed by atoms with E-state index in [0.717, 1.165) is 11.1 Å². The van der Waals surface area contributed by atoms with E-state index in [9.17, 15) is 9.59 Å². The number of carboxylic acid groups (broad SMARTS) is 1. The van der Waals surface area contributed by atoms with Gasteiger partial charge in [0.1, 0.15) is 5.75 Å². The highest BCUT2D eigenvalue weighted by Crippen LogP contribution is 2.29. The third kappa shape index (κ3) is 5.12. The molecule has 3 rings (SSSR count). The molecule has 2 aromatic rings. The Kier molecular flexibility index (Phi) is 5.83. The van der Waals surface area contributed by atoms with Crippen molar-refractivity contribution < 1.29 is 19.4 Å². The second kappa shape index (κ2) is 8.28. The quantitative estimate of drug-likeness (QED) is 0.738. The molecule has 0 unspecified atom stereocenters. The van der Waals surface area contributed by atoms with Crippen molar-refractivity contribution in [1.29, 1.82) is 0 Å². The van der Waals surface area contributed by atoms with E-state index < -0.39 is 12.6 Å². The molecule has 0 aliphatic carbocycles. The average Bonchev–Trinajstić information content (AvgIpc) is 2.96. The number of nitrogens with zero attached hydrogens (tertiary/aromatic N) is 1. The van der Waals surface area contributed by atoms with Crippen LogP contribution in [0.3, 0.4) is 0 Å². The maximum atomic E-state index is 12.1. The van der Waals surface area contributed by atoms with Gasteiger partial charge in [-0.3, -0.25) is 4.79 Å². The van der Waals surface area contributed by atoms with Gasteiger partial charge in [-0.25, -0.2) is 9.79 Å². The molecule has 1 aliphatic rings. The maximum Gasteiger partial charge on any atom is 0.341 e. The van der Waals surface area contributed by atoms with Crippen molar-refractivity contribution in [3.05, 3.63) is 63.5 Å². The van der Waals surface area contributed by atoms with Gasteiger partial charge in [0.2, 0.25) is 0 Å². The van der Waals surface area contributed by atoms with Crippen molar-refractivity contribution in [2.45, 2.75) is 6.92 Å². The number of carbonyl (C=O) groups is 2. The number of carbonyl (C=O) groups excluding carboxylic acids is 1. The number of hydrogen-bond acceptors (Lipinski definition) is 5. The van der Waals surface area contributed by atoms with Crippen molar-refractivity contribution >= 4 is 52.2 Å². The van der Waals surface area contributed by atoms with Crippen LogP contribution >= 0.6 is 23.4 Å². The molecule has 1 aliphatic heterocycles. The standard InChI is InChI=1S/C19H15ClN2O4S/c1-11-2-5-13(9-15(11)20)21-19-22-18(25)16(27-19)8-12-3-6-14(7-4-12)26-10-17(23)24/h2-9H,10H2,1H3,(H,23,24)(H,21,22,25)/b16-8-. The first-order chi connectivity index (χ1) is 12.9. The SMILES string of the molecule is Cc1ccc(N=C2NC(=O)/C(=C/c3ccc(OCC(=O)O)cc3)S2)cc1Cl. The second-order valence-electron chi connectivity index (χ2n) is 5.67. The predicted molar refractivity (Wildman–Crippen MR) is 107 cm³/mol. The summed E-state index contributed by atoms with van der Waals surface area (Å²) in [6.45, 7) is 1.51. The third-order valence-electron chi connectivity index (χ3n) is 3.58. The molecule has 0 atom stereocenters. The molecule has 27 heavy (non-hydrogen) atoms. The summed E-state index contributed by atoms with van der Waals surface area (Å²) >= 11 is 7.33. The lowest BCUT2D eigenvalue weighted by Gasteiger charge is -2.03. The average molecular weight is 403 g/mol. The van der Waals surface area contributed by atoms with Gasteiger partial charge >= 0.3 is 5.97 Å². The van der Waals surface area contributed by atoms with Crippen LogP contribution in [0.4, 0.5) is 5.69 Å². The van der Waals surface area contributed by atoms with Crippen LogP contribution in [0, 0.1) is 6.92 Å².